The molecule has 0 aromatic heterocycles. The molecule has 1 rings (SSSR count). The molecule has 0 spiro atoms. The average Bonchev–Trinajstić information content (AvgIpc) is 2.05. The Labute approximate surface area is 64.5 Å². The molecule has 0 aliphatic heterocycles. The summed E-state index contributed by atoms with van der Waals surface area (Å²) in [4.78, 5) is 0. The second-order valence-electron chi connectivity index (χ2n) is 2.72. The molecule has 0 nitrogen and oxygen atoms in total. The van der Waals surface area contributed by atoms with Crippen molar-refractivity contribution < 1.29 is 0 Å². The van der Waals surface area contributed by atoms with Crippen molar-refractivity contribution in [1.29, 1.82) is 0 Å². The summed E-state index contributed by atoms with van der Waals surface area (Å²) in [5, 5.41) is 1.59. The van der Waals surface area contributed by atoms with Crippen LogP contribution in [0.15, 0.2) is 30.3 Å². The molecule has 0 saturated carbocycles. The lowest BCUT2D eigenvalue weighted by atomic mass is 10.4. The van der Waals surface area contributed by atoms with Gasteiger partial charge in [-0.15, -0.1) is 0 Å². The first kappa shape index (κ1) is 7.54. The van der Waals surface area contributed by atoms with Gasteiger partial charge in [-0.2, -0.15) is 0 Å². The monoisotopic (exact) mass is 150 g/mol. The van der Waals surface area contributed by atoms with Crippen LogP contribution >= 0.6 is 0 Å². The van der Waals surface area contributed by atoms with Crippen LogP contribution in [0.2, 0.25) is 12.6 Å². The van der Waals surface area contributed by atoms with E-state index in [9.17, 15) is 0 Å². The minimum Gasteiger partial charge on any atom is -0.0680 e. The Morgan fingerprint density at radius 2 is 1.80 bits per heavy atom. The van der Waals surface area contributed by atoms with Gasteiger partial charge in [-0.1, -0.05) is 55.0 Å². The quantitative estimate of drug-likeness (QED) is 0.564. The lowest BCUT2D eigenvalue weighted by Gasteiger charge is -2.04. The second kappa shape index (κ2) is 3.57. The summed E-state index contributed by atoms with van der Waals surface area (Å²) in [6, 6.07) is 12.2. The van der Waals surface area contributed by atoms with E-state index in [1.54, 1.807) is 5.19 Å². The van der Waals surface area contributed by atoms with Crippen molar-refractivity contribution in [1.82, 2.24) is 0 Å². The number of hydrogen-bond donors (Lipinski definition) is 0. The molecule has 0 bridgehead atoms. The zero-order valence-electron chi connectivity index (χ0n) is 6.67. The minimum atomic E-state index is -0.540. The third kappa shape index (κ3) is 1.71. The molecule has 1 atom stereocenters. The van der Waals surface area contributed by atoms with E-state index in [2.05, 4.69) is 43.8 Å². The van der Waals surface area contributed by atoms with Crippen molar-refractivity contribution in [2.45, 2.75) is 19.5 Å². The highest BCUT2D eigenvalue weighted by Gasteiger charge is 2.01. The Kier molecular flexibility index (Phi) is 2.69. The van der Waals surface area contributed by atoms with Crippen LogP contribution in [0.3, 0.4) is 0 Å². The third-order valence-electron chi connectivity index (χ3n) is 1.98. The molecular formula is C9H14Si. The van der Waals surface area contributed by atoms with Crippen LogP contribution in [0, 0.1) is 0 Å². The van der Waals surface area contributed by atoms with Gasteiger partial charge in [0, 0.05) is 0 Å². The van der Waals surface area contributed by atoms with E-state index in [0.29, 0.717) is 0 Å². The predicted molar refractivity (Wildman–Crippen MR) is 49.6 cm³/mol. The maximum absolute atomic E-state index is 2.40. The zero-order chi connectivity index (χ0) is 7.40. The second-order valence-corrected chi connectivity index (χ2v) is 6.01. The van der Waals surface area contributed by atoms with Crippen LogP contribution in [-0.4, -0.2) is 8.80 Å². The van der Waals surface area contributed by atoms with Gasteiger partial charge >= 0.3 is 0 Å². The van der Waals surface area contributed by atoms with Gasteiger partial charge < -0.3 is 0 Å². The standard InChI is InChI=1S/C9H14Si/c1-3-10(2)9-7-5-4-6-8-9/h4-8,10H,3H2,1-2H3. The SMILES string of the molecule is CC[SiH](C)c1ccccc1. The smallest absolute Gasteiger partial charge is 0.0675 e. The summed E-state index contributed by atoms with van der Waals surface area (Å²) in [6.07, 6.45) is 0. The van der Waals surface area contributed by atoms with Gasteiger partial charge in [0.15, 0.2) is 0 Å². The fraction of sp³-hybridized carbons (Fsp3) is 0.333. The summed E-state index contributed by atoms with van der Waals surface area (Å²) < 4.78 is 0. The molecule has 10 heavy (non-hydrogen) atoms. The summed E-state index contributed by atoms with van der Waals surface area (Å²) in [6.45, 7) is 4.68. The van der Waals surface area contributed by atoms with E-state index in [0.717, 1.165) is 0 Å². The van der Waals surface area contributed by atoms with Gasteiger partial charge in [-0.3, -0.25) is 0 Å². The highest BCUT2D eigenvalue weighted by molar-refractivity contribution is 6.71. The molecule has 1 aromatic rings. The molecule has 0 radical (unpaired) electrons. The van der Waals surface area contributed by atoms with Crippen molar-refractivity contribution in [2.24, 2.45) is 0 Å². The fourth-order valence-corrected chi connectivity index (χ4v) is 2.37. The molecular weight excluding hydrogens is 136 g/mol. The van der Waals surface area contributed by atoms with E-state index in [1.165, 1.54) is 6.04 Å². The van der Waals surface area contributed by atoms with E-state index >= 15 is 0 Å². The first-order valence-electron chi connectivity index (χ1n) is 3.89. The summed E-state index contributed by atoms with van der Waals surface area (Å²) >= 11 is 0. The van der Waals surface area contributed by atoms with Crippen LogP contribution in [0.4, 0.5) is 0 Å². The van der Waals surface area contributed by atoms with E-state index in [1.807, 2.05) is 0 Å². The third-order valence-corrected chi connectivity index (χ3v) is 4.73. The maximum atomic E-state index is 2.40. The number of rotatable bonds is 2. The molecule has 0 aliphatic carbocycles. The van der Waals surface area contributed by atoms with Gasteiger partial charge in [0.2, 0.25) is 0 Å². The average molecular weight is 150 g/mol. The topological polar surface area (TPSA) is 0 Å². The summed E-state index contributed by atoms with van der Waals surface area (Å²) in [7, 11) is -0.540. The van der Waals surface area contributed by atoms with E-state index < -0.39 is 8.80 Å². The van der Waals surface area contributed by atoms with Crippen molar-refractivity contribution in [2.75, 3.05) is 0 Å². The number of hydrogen-bond acceptors (Lipinski definition) is 0. The normalized spacial score (nSPS) is 13.0. The molecule has 1 heteroatoms. The zero-order valence-corrected chi connectivity index (χ0v) is 7.83. The Hall–Kier alpha value is -0.563. The molecule has 0 fully saturated rings. The number of benzene rings is 1. The minimum absolute atomic E-state index is 0.540. The molecule has 0 aliphatic rings. The lowest BCUT2D eigenvalue weighted by Crippen LogP contribution is -2.24. The first-order valence-corrected chi connectivity index (χ1v) is 6.44. The van der Waals surface area contributed by atoms with Gasteiger partial charge in [-0.05, 0) is 0 Å². The molecule has 0 saturated heterocycles. The van der Waals surface area contributed by atoms with Gasteiger partial charge in [0.05, 0.1) is 8.80 Å². The van der Waals surface area contributed by atoms with Crippen LogP contribution in [0.1, 0.15) is 6.92 Å². The van der Waals surface area contributed by atoms with Gasteiger partial charge in [0.1, 0.15) is 0 Å². The van der Waals surface area contributed by atoms with Crippen molar-refractivity contribution in [3.8, 4) is 0 Å². The van der Waals surface area contributed by atoms with Crippen LogP contribution in [-0.2, 0) is 0 Å². The molecule has 1 unspecified atom stereocenters. The van der Waals surface area contributed by atoms with E-state index in [4.69, 9.17) is 0 Å². The Morgan fingerprint density at radius 1 is 1.20 bits per heavy atom. The van der Waals surface area contributed by atoms with Crippen molar-refractivity contribution in [3.05, 3.63) is 30.3 Å². The van der Waals surface area contributed by atoms with Crippen LogP contribution < -0.4 is 5.19 Å². The highest BCUT2D eigenvalue weighted by Crippen LogP contribution is 1.92. The van der Waals surface area contributed by atoms with Gasteiger partial charge in [0.25, 0.3) is 0 Å². The Balaban J connectivity index is 2.75. The van der Waals surface area contributed by atoms with Crippen LogP contribution in [0.5, 0.6) is 0 Å². The summed E-state index contributed by atoms with van der Waals surface area (Å²) in [5.41, 5.74) is 0. The van der Waals surface area contributed by atoms with Gasteiger partial charge in [-0.25, -0.2) is 0 Å². The summed E-state index contributed by atoms with van der Waals surface area (Å²) in [5.74, 6) is 0. The molecule has 0 N–H and O–H groups in total. The van der Waals surface area contributed by atoms with Crippen molar-refractivity contribution >= 4 is 14.0 Å². The predicted octanol–water partition coefficient (Wildman–Crippen LogP) is 1.77. The van der Waals surface area contributed by atoms with Crippen LogP contribution in [0.25, 0.3) is 0 Å². The lowest BCUT2D eigenvalue weighted by molar-refractivity contribution is 1.43. The maximum Gasteiger partial charge on any atom is 0.0675 e. The molecule has 0 amide bonds. The molecule has 54 valence electrons. The fourth-order valence-electron chi connectivity index (χ4n) is 1.02. The molecule has 1 aromatic carbocycles. The Bertz CT molecular complexity index is 181. The van der Waals surface area contributed by atoms with E-state index in [-0.39, 0.29) is 0 Å². The highest BCUT2D eigenvalue weighted by atomic mass is 28.3. The molecule has 0 heterocycles. The van der Waals surface area contributed by atoms with Crippen molar-refractivity contribution in [3.63, 3.8) is 0 Å². The Morgan fingerprint density at radius 3 is 2.30 bits per heavy atom. The first-order chi connectivity index (χ1) is 4.84. The largest absolute Gasteiger partial charge is 0.0680 e.